The summed E-state index contributed by atoms with van der Waals surface area (Å²) in [6.07, 6.45) is 8.04. The van der Waals surface area contributed by atoms with Crippen molar-refractivity contribution in [3.05, 3.63) is 71.3 Å². The Morgan fingerprint density at radius 3 is 2.75 bits per heavy atom. The molecule has 2 N–H and O–H groups in total. The number of rotatable bonds is 4. The van der Waals surface area contributed by atoms with Gasteiger partial charge in [0.2, 0.25) is 5.88 Å². The molecule has 3 fully saturated rings. The van der Waals surface area contributed by atoms with Crippen LogP contribution in [0.4, 0.5) is 19.0 Å². The third-order valence-electron chi connectivity index (χ3n) is 10.8. The number of nitrogens with one attached hydrogen (secondary N) is 2. The average molecular weight is 675 g/mol. The fourth-order valence-electron chi connectivity index (χ4n) is 8.45. The van der Waals surface area contributed by atoms with Crippen LogP contribution in [0.5, 0.6) is 11.9 Å². The van der Waals surface area contributed by atoms with Crippen LogP contribution in [0.25, 0.3) is 32.9 Å². The van der Waals surface area contributed by atoms with Crippen molar-refractivity contribution in [3.8, 4) is 23.1 Å². The zero-order valence-electron chi connectivity index (χ0n) is 26.3. The maximum absolute atomic E-state index is 16.9. The number of aromatic nitrogens is 3. The molecule has 2 saturated heterocycles. The molecular weight excluding hydrogens is 641 g/mol. The first kappa shape index (κ1) is 30.0. The highest BCUT2D eigenvalue weighted by Gasteiger charge is 2.76. The third kappa shape index (κ3) is 4.72. The van der Waals surface area contributed by atoms with Crippen LogP contribution in [0, 0.1) is 17.2 Å². The minimum Gasteiger partial charge on any atom is -0.474 e. The van der Waals surface area contributed by atoms with Gasteiger partial charge in [0, 0.05) is 46.7 Å². The molecule has 4 atom stereocenters. The minimum absolute atomic E-state index is 0.0170. The number of fused-ring (bicyclic) bond motifs is 3. The maximum atomic E-state index is 16.9. The van der Waals surface area contributed by atoms with E-state index in [9.17, 15) is 8.78 Å². The van der Waals surface area contributed by atoms with Gasteiger partial charge in [0.25, 0.3) is 5.92 Å². The first-order valence-corrected chi connectivity index (χ1v) is 16.9. The van der Waals surface area contributed by atoms with Crippen molar-refractivity contribution < 1.29 is 22.6 Å². The molecule has 2 aromatic heterocycles. The van der Waals surface area contributed by atoms with Gasteiger partial charge in [-0.15, -0.1) is 0 Å². The molecule has 12 heteroatoms. The molecule has 2 bridgehead atoms. The standard InChI is InChI=1S/C36H34ClF3N6O2/c1-20-13-21-14-23(41-15-21)16-42-31-27-30(28(38)29(43-32(27)48-20)24-7-2-5-22-6-3-8-25(37)26(22)24)44-33(45-31)47-12-10-35-9-4-11-46(35)19-34(17-35)18-36(34,39)40/h2-3,5-8,10,12,14,20-21,41H,4,9,11,13,15-19H2,1H3,(H,42,44,45)/b12-10+/t20-,21?,34?,35?/m0/s1. The van der Waals surface area contributed by atoms with Gasteiger partial charge in [-0.2, -0.15) is 9.97 Å². The predicted octanol–water partition coefficient (Wildman–Crippen LogP) is 7.48. The molecule has 6 heterocycles. The van der Waals surface area contributed by atoms with E-state index < -0.39 is 22.7 Å². The van der Waals surface area contributed by atoms with Crippen LogP contribution in [0.15, 0.2) is 60.5 Å². The van der Waals surface area contributed by atoms with Crippen molar-refractivity contribution in [2.45, 2.75) is 56.6 Å². The lowest BCUT2D eigenvalue weighted by molar-refractivity contribution is 0.0658. The van der Waals surface area contributed by atoms with Crippen LogP contribution >= 0.6 is 11.6 Å². The van der Waals surface area contributed by atoms with E-state index in [0.717, 1.165) is 43.4 Å². The molecule has 9 rings (SSSR count). The van der Waals surface area contributed by atoms with Gasteiger partial charge >= 0.3 is 6.01 Å². The third-order valence-corrected chi connectivity index (χ3v) is 11.1. The SMILES string of the molecule is C[C@H]1CC2C=C(CNc3nc(O/C=C/C45CCCN4CC4(C5)CC4(F)F)nc4c(F)c(-c5cccc6cccc(Cl)c56)nc(c34)O1)NC2. The van der Waals surface area contributed by atoms with E-state index in [1.807, 2.05) is 37.3 Å². The number of alkyl halides is 2. The van der Waals surface area contributed by atoms with Crippen LogP contribution in [0.2, 0.25) is 5.02 Å². The predicted molar refractivity (Wildman–Crippen MR) is 178 cm³/mol. The second-order valence-electron chi connectivity index (χ2n) is 14.0. The van der Waals surface area contributed by atoms with Gasteiger partial charge in [0.1, 0.15) is 22.4 Å². The van der Waals surface area contributed by atoms with Crippen LogP contribution in [-0.4, -0.2) is 63.6 Å². The van der Waals surface area contributed by atoms with E-state index in [4.69, 9.17) is 26.1 Å². The van der Waals surface area contributed by atoms with Crippen molar-refractivity contribution in [2.75, 3.05) is 31.5 Å². The number of anilines is 1. The summed E-state index contributed by atoms with van der Waals surface area (Å²) in [5.41, 5.74) is 0.0939. The van der Waals surface area contributed by atoms with Crippen LogP contribution in [0.1, 0.15) is 39.0 Å². The highest BCUT2D eigenvalue weighted by molar-refractivity contribution is 6.36. The van der Waals surface area contributed by atoms with Gasteiger partial charge < -0.3 is 20.1 Å². The number of hydrogen-bond donors (Lipinski definition) is 2. The second kappa shape index (κ2) is 10.7. The number of hydrogen-bond acceptors (Lipinski definition) is 8. The van der Waals surface area contributed by atoms with Gasteiger partial charge in [-0.25, -0.2) is 18.2 Å². The van der Waals surface area contributed by atoms with E-state index in [2.05, 4.69) is 31.6 Å². The van der Waals surface area contributed by atoms with Crippen LogP contribution < -0.4 is 20.1 Å². The molecule has 5 aliphatic rings. The smallest absolute Gasteiger partial charge is 0.324 e. The van der Waals surface area contributed by atoms with E-state index >= 15 is 4.39 Å². The van der Waals surface area contributed by atoms with Gasteiger partial charge in [-0.3, -0.25) is 4.90 Å². The summed E-state index contributed by atoms with van der Waals surface area (Å²) in [6, 6.07) is 11.0. The lowest BCUT2D eigenvalue weighted by atomic mass is 9.88. The number of ether oxygens (including phenoxy) is 2. The molecule has 4 aromatic rings. The van der Waals surface area contributed by atoms with Crippen molar-refractivity contribution >= 4 is 39.1 Å². The van der Waals surface area contributed by atoms with E-state index in [0.29, 0.717) is 46.7 Å². The van der Waals surface area contributed by atoms with E-state index in [1.165, 1.54) is 6.26 Å². The Kier molecular flexibility index (Phi) is 6.69. The minimum atomic E-state index is -2.62. The summed E-state index contributed by atoms with van der Waals surface area (Å²) in [5, 5.41) is 9.06. The average Bonchev–Trinajstić information content (AvgIpc) is 3.45. The molecule has 3 unspecified atom stereocenters. The lowest BCUT2D eigenvalue weighted by Gasteiger charge is -2.27. The van der Waals surface area contributed by atoms with Gasteiger partial charge in [-0.05, 0) is 62.6 Å². The Morgan fingerprint density at radius 2 is 1.92 bits per heavy atom. The Hall–Kier alpha value is -4.09. The summed E-state index contributed by atoms with van der Waals surface area (Å²) < 4.78 is 58.2. The lowest BCUT2D eigenvalue weighted by Crippen LogP contribution is -2.35. The second-order valence-corrected chi connectivity index (χ2v) is 14.4. The summed E-state index contributed by atoms with van der Waals surface area (Å²) in [4.78, 5) is 16.2. The highest BCUT2D eigenvalue weighted by Crippen LogP contribution is 2.69. The van der Waals surface area contributed by atoms with Gasteiger partial charge in [-0.1, -0.05) is 48.0 Å². The Bertz CT molecular complexity index is 2050. The Morgan fingerprint density at radius 1 is 1.08 bits per heavy atom. The molecule has 0 radical (unpaired) electrons. The quantitative estimate of drug-likeness (QED) is 0.216. The molecule has 1 spiro atoms. The van der Waals surface area contributed by atoms with Crippen molar-refractivity contribution in [1.82, 2.24) is 25.2 Å². The molecule has 2 aromatic carbocycles. The van der Waals surface area contributed by atoms with Gasteiger partial charge in [0.15, 0.2) is 5.82 Å². The molecule has 0 amide bonds. The first-order valence-electron chi connectivity index (χ1n) is 16.5. The van der Waals surface area contributed by atoms with Crippen molar-refractivity contribution in [1.29, 1.82) is 0 Å². The monoisotopic (exact) mass is 674 g/mol. The van der Waals surface area contributed by atoms with Crippen LogP contribution in [-0.2, 0) is 0 Å². The number of nitrogens with zero attached hydrogens (tertiary/aromatic N) is 4. The Labute approximate surface area is 280 Å². The van der Waals surface area contributed by atoms with E-state index in [1.54, 1.807) is 12.1 Å². The first-order chi connectivity index (χ1) is 23.1. The fourth-order valence-corrected chi connectivity index (χ4v) is 8.74. The molecule has 248 valence electrons. The normalized spacial score (nSPS) is 29.0. The largest absolute Gasteiger partial charge is 0.474 e. The van der Waals surface area contributed by atoms with Gasteiger partial charge in [0.05, 0.1) is 24.3 Å². The number of pyridine rings is 1. The summed E-state index contributed by atoms with van der Waals surface area (Å²) in [5.74, 6) is -2.51. The van der Waals surface area contributed by atoms with Crippen LogP contribution in [0.3, 0.4) is 0 Å². The molecule has 4 aliphatic heterocycles. The maximum Gasteiger partial charge on any atom is 0.324 e. The molecule has 8 nitrogen and oxygen atoms in total. The number of halogens is 4. The summed E-state index contributed by atoms with van der Waals surface area (Å²) in [6.45, 7) is 4.34. The number of benzene rings is 2. The molecule has 48 heavy (non-hydrogen) atoms. The topological polar surface area (TPSA) is 84.4 Å². The van der Waals surface area contributed by atoms with E-state index in [-0.39, 0.29) is 41.5 Å². The highest BCUT2D eigenvalue weighted by atomic mass is 35.5. The summed E-state index contributed by atoms with van der Waals surface area (Å²) in [7, 11) is 0. The zero-order valence-corrected chi connectivity index (χ0v) is 27.1. The van der Waals surface area contributed by atoms with Crippen molar-refractivity contribution in [3.63, 3.8) is 0 Å². The summed E-state index contributed by atoms with van der Waals surface area (Å²) >= 11 is 6.67. The molecule has 1 aliphatic carbocycles. The molecule has 1 saturated carbocycles. The van der Waals surface area contributed by atoms with Crippen molar-refractivity contribution in [2.24, 2.45) is 11.3 Å². The fraction of sp³-hybridized carbons (Fsp3) is 0.417. The molecular formula is C36H34ClF3N6O2. The Balaban J connectivity index is 1.17. The zero-order chi connectivity index (χ0) is 32.8.